The quantitative estimate of drug-likeness (QED) is 0.638. The van der Waals surface area contributed by atoms with Crippen molar-refractivity contribution >= 4 is 15.9 Å². The number of nitrogens with one attached hydrogen (secondary N) is 1. The van der Waals surface area contributed by atoms with Gasteiger partial charge < -0.3 is 4.74 Å². The molecule has 0 amide bonds. The number of nitrogens with zero attached hydrogens (tertiary/aromatic N) is 2. The number of aromatic nitrogens is 2. The maximum absolute atomic E-state index is 13.9. The van der Waals surface area contributed by atoms with Gasteiger partial charge in [0.1, 0.15) is 0 Å². The van der Waals surface area contributed by atoms with E-state index in [9.17, 15) is 4.39 Å². The molecule has 114 valence electrons. The van der Waals surface area contributed by atoms with E-state index in [0.29, 0.717) is 5.56 Å². The van der Waals surface area contributed by atoms with Crippen molar-refractivity contribution in [2.75, 3.05) is 7.11 Å². The molecule has 21 heavy (non-hydrogen) atoms. The van der Waals surface area contributed by atoms with Gasteiger partial charge in [0.25, 0.3) is 0 Å². The first kappa shape index (κ1) is 15.9. The zero-order valence-corrected chi connectivity index (χ0v) is 13.7. The first-order chi connectivity index (χ1) is 9.99. The molecular formula is C14H18BrFN4O. The molecule has 5 nitrogen and oxygen atoms in total. The summed E-state index contributed by atoms with van der Waals surface area (Å²) >= 11 is 3.47. The molecule has 0 radical (unpaired) electrons. The minimum Gasteiger partial charge on any atom is -0.494 e. The van der Waals surface area contributed by atoms with Gasteiger partial charge in [-0.25, -0.2) is 9.82 Å². The molecule has 0 aliphatic rings. The van der Waals surface area contributed by atoms with Gasteiger partial charge in [-0.15, -0.1) is 0 Å². The van der Waals surface area contributed by atoms with Crippen molar-refractivity contribution in [2.45, 2.75) is 25.9 Å². The molecule has 3 N–H and O–H groups in total. The number of rotatable bonds is 5. The van der Waals surface area contributed by atoms with Gasteiger partial charge in [0.05, 0.1) is 29.5 Å². The standard InChI is InChI=1S/C14H18BrFN4O/c1-8(2)20-14(10(15)7-18-20)13(19-17)9-4-5-12(21-3)11(16)6-9/h4-8,13,19H,17H2,1-3H3. The Morgan fingerprint density at radius 2 is 2.14 bits per heavy atom. The highest BCUT2D eigenvalue weighted by Gasteiger charge is 2.23. The Kier molecular flexibility index (Phi) is 4.97. The van der Waals surface area contributed by atoms with E-state index in [1.54, 1.807) is 18.3 Å². The smallest absolute Gasteiger partial charge is 0.165 e. The molecule has 1 heterocycles. The average Bonchev–Trinajstić information content (AvgIpc) is 2.82. The molecule has 0 spiro atoms. The van der Waals surface area contributed by atoms with Crippen LogP contribution >= 0.6 is 15.9 Å². The number of halogens is 2. The van der Waals surface area contributed by atoms with Gasteiger partial charge in [-0.2, -0.15) is 5.10 Å². The summed E-state index contributed by atoms with van der Waals surface area (Å²) in [4.78, 5) is 0. The molecule has 1 aromatic heterocycles. The molecular weight excluding hydrogens is 339 g/mol. The fourth-order valence-corrected chi connectivity index (χ4v) is 2.73. The molecule has 0 saturated carbocycles. The minimum absolute atomic E-state index is 0.158. The summed E-state index contributed by atoms with van der Waals surface area (Å²) in [7, 11) is 1.43. The predicted octanol–water partition coefficient (Wildman–Crippen LogP) is 2.93. The van der Waals surface area contributed by atoms with E-state index in [2.05, 4.69) is 26.5 Å². The van der Waals surface area contributed by atoms with Crippen LogP contribution in [0, 0.1) is 5.82 Å². The lowest BCUT2D eigenvalue weighted by molar-refractivity contribution is 0.385. The first-order valence-electron chi connectivity index (χ1n) is 6.52. The molecule has 1 aromatic carbocycles. The SMILES string of the molecule is COc1ccc(C(NN)c2c(Br)cnn2C(C)C)cc1F. The lowest BCUT2D eigenvalue weighted by atomic mass is 10.0. The van der Waals surface area contributed by atoms with E-state index in [1.165, 1.54) is 13.2 Å². The summed E-state index contributed by atoms with van der Waals surface area (Å²) in [6.07, 6.45) is 1.71. The molecule has 2 rings (SSSR count). The van der Waals surface area contributed by atoms with Gasteiger partial charge in [0.2, 0.25) is 0 Å². The number of benzene rings is 1. The molecule has 0 aliphatic heterocycles. The highest BCUT2D eigenvalue weighted by Crippen LogP contribution is 2.31. The van der Waals surface area contributed by atoms with Crippen LogP contribution in [-0.4, -0.2) is 16.9 Å². The molecule has 0 aliphatic carbocycles. The maximum atomic E-state index is 13.9. The van der Waals surface area contributed by atoms with Crippen LogP contribution in [-0.2, 0) is 0 Å². The third-order valence-electron chi connectivity index (χ3n) is 3.23. The number of nitrogens with two attached hydrogens (primary N) is 1. The summed E-state index contributed by atoms with van der Waals surface area (Å²) < 4.78 is 21.5. The van der Waals surface area contributed by atoms with E-state index in [0.717, 1.165) is 10.2 Å². The van der Waals surface area contributed by atoms with Crippen LogP contribution in [0.1, 0.15) is 37.2 Å². The van der Waals surface area contributed by atoms with Gasteiger partial charge >= 0.3 is 0 Å². The molecule has 2 aromatic rings. The fraction of sp³-hybridized carbons (Fsp3) is 0.357. The van der Waals surface area contributed by atoms with Gasteiger partial charge in [-0.3, -0.25) is 10.5 Å². The summed E-state index contributed by atoms with van der Waals surface area (Å²) in [5.41, 5.74) is 4.26. The van der Waals surface area contributed by atoms with Crippen LogP contribution in [0.2, 0.25) is 0 Å². The summed E-state index contributed by atoms with van der Waals surface area (Å²) in [6.45, 7) is 4.04. The molecule has 0 fully saturated rings. The van der Waals surface area contributed by atoms with E-state index in [4.69, 9.17) is 10.6 Å². The van der Waals surface area contributed by atoms with E-state index in [1.807, 2.05) is 18.5 Å². The van der Waals surface area contributed by atoms with Crippen molar-refractivity contribution in [3.05, 3.63) is 45.9 Å². The number of methoxy groups -OCH3 is 1. The highest BCUT2D eigenvalue weighted by atomic mass is 79.9. The Morgan fingerprint density at radius 3 is 2.67 bits per heavy atom. The topological polar surface area (TPSA) is 65.1 Å². The van der Waals surface area contributed by atoms with Crippen molar-refractivity contribution < 1.29 is 9.13 Å². The number of hydrogen-bond donors (Lipinski definition) is 2. The van der Waals surface area contributed by atoms with Gasteiger partial charge in [0, 0.05) is 6.04 Å². The molecule has 1 atom stereocenters. The third-order valence-corrected chi connectivity index (χ3v) is 3.84. The van der Waals surface area contributed by atoms with Crippen LogP contribution in [0.5, 0.6) is 5.75 Å². The van der Waals surface area contributed by atoms with Gasteiger partial charge in [-0.05, 0) is 47.5 Å². The fourth-order valence-electron chi connectivity index (χ4n) is 2.23. The lowest BCUT2D eigenvalue weighted by Crippen LogP contribution is -2.31. The van der Waals surface area contributed by atoms with Crippen molar-refractivity contribution in [2.24, 2.45) is 5.84 Å². The molecule has 1 unspecified atom stereocenters. The number of hydrazine groups is 1. The van der Waals surface area contributed by atoms with Crippen molar-refractivity contribution in [3.63, 3.8) is 0 Å². The maximum Gasteiger partial charge on any atom is 0.165 e. The number of ether oxygens (including phenoxy) is 1. The largest absolute Gasteiger partial charge is 0.494 e. The van der Waals surface area contributed by atoms with Crippen LogP contribution in [0.25, 0.3) is 0 Å². The van der Waals surface area contributed by atoms with Gasteiger partial charge in [-0.1, -0.05) is 6.07 Å². The summed E-state index contributed by atoms with van der Waals surface area (Å²) in [6, 6.07) is 4.54. The van der Waals surface area contributed by atoms with Crippen LogP contribution in [0.4, 0.5) is 4.39 Å². The second kappa shape index (κ2) is 6.55. The number of hydrogen-bond acceptors (Lipinski definition) is 4. The minimum atomic E-state index is -0.429. The van der Waals surface area contributed by atoms with Crippen molar-refractivity contribution in [1.29, 1.82) is 0 Å². The zero-order chi connectivity index (χ0) is 15.6. The Morgan fingerprint density at radius 1 is 1.43 bits per heavy atom. The van der Waals surface area contributed by atoms with Crippen LogP contribution in [0.15, 0.2) is 28.9 Å². The lowest BCUT2D eigenvalue weighted by Gasteiger charge is -2.21. The second-order valence-electron chi connectivity index (χ2n) is 4.91. The normalized spacial score (nSPS) is 12.7. The molecule has 0 bridgehead atoms. The predicted molar refractivity (Wildman–Crippen MR) is 82.4 cm³/mol. The van der Waals surface area contributed by atoms with Crippen molar-refractivity contribution in [3.8, 4) is 5.75 Å². The van der Waals surface area contributed by atoms with E-state index in [-0.39, 0.29) is 17.8 Å². The average molecular weight is 357 g/mol. The Hall–Kier alpha value is -1.44. The Bertz CT molecular complexity index is 629. The Labute approximate surface area is 131 Å². The highest BCUT2D eigenvalue weighted by molar-refractivity contribution is 9.10. The molecule has 7 heteroatoms. The van der Waals surface area contributed by atoms with E-state index < -0.39 is 5.82 Å². The molecule has 0 saturated heterocycles. The van der Waals surface area contributed by atoms with Crippen LogP contribution in [0.3, 0.4) is 0 Å². The van der Waals surface area contributed by atoms with Crippen molar-refractivity contribution in [1.82, 2.24) is 15.2 Å². The van der Waals surface area contributed by atoms with E-state index >= 15 is 0 Å². The first-order valence-corrected chi connectivity index (χ1v) is 7.31. The Balaban J connectivity index is 2.49. The summed E-state index contributed by atoms with van der Waals surface area (Å²) in [5.74, 6) is 5.46. The monoisotopic (exact) mass is 356 g/mol. The third kappa shape index (κ3) is 3.09. The van der Waals surface area contributed by atoms with Crippen LogP contribution < -0.4 is 16.0 Å². The summed E-state index contributed by atoms with van der Waals surface area (Å²) in [5, 5.41) is 4.32. The van der Waals surface area contributed by atoms with Gasteiger partial charge in [0.15, 0.2) is 11.6 Å². The second-order valence-corrected chi connectivity index (χ2v) is 5.76. The zero-order valence-electron chi connectivity index (χ0n) is 12.1.